The minimum absolute atomic E-state index is 0.0663. The molecule has 0 saturated carbocycles. The van der Waals surface area contributed by atoms with Crippen LogP contribution in [-0.4, -0.2) is 37.2 Å². The Kier molecular flexibility index (Phi) is 29.2. The second-order valence-electron chi connectivity index (χ2n) is 11.4. The topological polar surface area (TPSA) is 78.9 Å². The molecule has 0 aliphatic heterocycles. The fourth-order valence-electron chi connectivity index (χ4n) is 4.73. The van der Waals surface area contributed by atoms with Gasteiger partial charge in [0.1, 0.15) is 13.2 Å². The van der Waals surface area contributed by atoms with E-state index in [1.165, 1.54) is 83.5 Å². The van der Waals surface area contributed by atoms with Gasteiger partial charge in [0, 0.05) is 19.3 Å². The van der Waals surface area contributed by atoms with Crippen molar-refractivity contribution < 1.29 is 28.6 Å². The Balaban J connectivity index is 4.36. The van der Waals surface area contributed by atoms with Gasteiger partial charge in [-0.25, -0.2) is 0 Å². The van der Waals surface area contributed by atoms with Crippen molar-refractivity contribution in [1.82, 2.24) is 0 Å². The Labute approximate surface area is 247 Å². The molecule has 0 aromatic carbocycles. The fourth-order valence-corrected chi connectivity index (χ4v) is 4.73. The molecule has 0 rings (SSSR count). The van der Waals surface area contributed by atoms with E-state index in [1.807, 2.05) is 0 Å². The Morgan fingerprint density at radius 3 is 1.00 bits per heavy atom. The van der Waals surface area contributed by atoms with E-state index in [2.05, 4.69) is 20.8 Å². The third-order valence-corrected chi connectivity index (χ3v) is 7.36. The standard InChI is InChI=1S/C34H64O6/c1-4-7-10-13-16-19-22-25-28-34(37)40-31(29-38-32(35)26-23-20-17-14-11-8-5-2)30-39-33(36)27-24-21-18-15-12-9-6-3/h31H,4-30H2,1-3H3. The van der Waals surface area contributed by atoms with Crippen LogP contribution in [0.25, 0.3) is 0 Å². The van der Waals surface area contributed by atoms with Gasteiger partial charge < -0.3 is 14.2 Å². The highest BCUT2D eigenvalue weighted by molar-refractivity contribution is 5.71. The summed E-state index contributed by atoms with van der Waals surface area (Å²) >= 11 is 0. The molecule has 0 spiro atoms. The molecule has 0 aromatic rings. The summed E-state index contributed by atoms with van der Waals surface area (Å²) in [6, 6.07) is 0. The van der Waals surface area contributed by atoms with E-state index in [0.717, 1.165) is 57.8 Å². The molecule has 6 nitrogen and oxygen atoms in total. The first-order chi connectivity index (χ1) is 19.5. The van der Waals surface area contributed by atoms with Gasteiger partial charge in [-0.05, 0) is 19.3 Å². The van der Waals surface area contributed by atoms with E-state index in [-0.39, 0.29) is 31.1 Å². The summed E-state index contributed by atoms with van der Waals surface area (Å²) in [6.07, 6.45) is 25.4. The molecule has 0 fully saturated rings. The Morgan fingerprint density at radius 1 is 0.400 bits per heavy atom. The van der Waals surface area contributed by atoms with Gasteiger partial charge in [0.05, 0.1) is 0 Å². The van der Waals surface area contributed by atoms with Crippen LogP contribution in [0.5, 0.6) is 0 Å². The molecule has 6 heteroatoms. The van der Waals surface area contributed by atoms with E-state index in [9.17, 15) is 14.4 Å². The van der Waals surface area contributed by atoms with Gasteiger partial charge in [0.15, 0.2) is 6.10 Å². The van der Waals surface area contributed by atoms with Gasteiger partial charge in [-0.15, -0.1) is 0 Å². The lowest BCUT2D eigenvalue weighted by atomic mass is 10.1. The van der Waals surface area contributed by atoms with Crippen LogP contribution in [-0.2, 0) is 28.6 Å². The molecule has 0 aliphatic carbocycles. The zero-order valence-corrected chi connectivity index (χ0v) is 26.6. The van der Waals surface area contributed by atoms with Crippen LogP contribution in [0.15, 0.2) is 0 Å². The second kappa shape index (κ2) is 30.4. The number of ether oxygens (including phenoxy) is 3. The third kappa shape index (κ3) is 28.0. The first-order valence-corrected chi connectivity index (χ1v) is 17.0. The van der Waals surface area contributed by atoms with Crippen LogP contribution in [0.4, 0.5) is 0 Å². The largest absolute Gasteiger partial charge is 0.462 e. The molecule has 0 bridgehead atoms. The van der Waals surface area contributed by atoms with E-state index in [0.29, 0.717) is 19.3 Å². The molecule has 0 radical (unpaired) electrons. The third-order valence-electron chi connectivity index (χ3n) is 7.36. The molecule has 0 aliphatic rings. The Morgan fingerprint density at radius 2 is 0.675 bits per heavy atom. The summed E-state index contributed by atoms with van der Waals surface area (Å²) in [4.78, 5) is 36.9. The number of unbranched alkanes of at least 4 members (excludes halogenated alkanes) is 19. The van der Waals surface area contributed by atoms with Crippen LogP contribution < -0.4 is 0 Å². The molecule has 236 valence electrons. The molecule has 0 heterocycles. The molecule has 0 amide bonds. The number of rotatable bonds is 30. The summed E-state index contributed by atoms with van der Waals surface area (Å²) in [7, 11) is 0. The summed E-state index contributed by atoms with van der Waals surface area (Å²) in [5.41, 5.74) is 0. The predicted molar refractivity (Wildman–Crippen MR) is 164 cm³/mol. The smallest absolute Gasteiger partial charge is 0.306 e. The first kappa shape index (κ1) is 38.4. The van der Waals surface area contributed by atoms with Crippen molar-refractivity contribution in [3.63, 3.8) is 0 Å². The zero-order valence-electron chi connectivity index (χ0n) is 26.6. The minimum Gasteiger partial charge on any atom is -0.462 e. The Bertz CT molecular complexity index is 557. The molecule has 0 unspecified atom stereocenters. The average molecular weight is 569 g/mol. The number of hydrogen-bond acceptors (Lipinski definition) is 6. The number of carbonyl (C=O) groups excluding carboxylic acids is 3. The minimum atomic E-state index is -0.752. The molecule has 0 N–H and O–H groups in total. The maximum absolute atomic E-state index is 12.5. The second-order valence-corrected chi connectivity index (χ2v) is 11.4. The van der Waals surface area contributed by atoms with Gasteiger partial charge in [0.25, 0.3) is 0 Å². The highest BCUT2D eigenvalue weighted by atomic mass is 16.6. The van der Waals surface area contributed by atoms with Gasteiger partial charge in [-0.1, -0.05) is 143 Å². The highest BCUT2D eigenvalue weighted by Gasteiger charge is 2.19. The molecule has 0 atom stereocenters. The van der Waals surface area contributed by atoms with Gasteiger partial charge in [-0.3, -0.25) is 14.4 Å². The van der Waals surface area contributed by atoms with E-state index in [4.69, 9.17) is 14.2 Å². The van der Waals surface area contributed by atoms with Gasteiger partial charge >= 0.3 is 17.9 Å². The number of hydrogen-bond donors (Lipinski definition) is 0. The van der Waals surface area contributed by atoms with Crippen molar-refractivity contribution >= 4 is 17.9 Å². The highest BCUT2D eigenvalue weighted by Crippen LogP contribution is 2.13. The molecular weight excluding hydrogens is 504 g/mol. The zero-order chi connectivity index (χ0) is 29.5. The first-order valence-electron chi connectivity index (χ1n) is 17.0. The van der Waals surface area contributed by atoms with E-state index >= 15 is 0 Å². The van der Waals surface area contributed by atoms with Crippen molar-refractivity contribution in [2.24, 2.45) is 0 Å². The average Bonchev–Trinajstić information content (AvgIpc) is 2.94. The summed E-state index contributed by atoms with van der Waals surface area (Å²) < 4.78 is 16.4. The van der Waals surface area contributed by atoms with E-state index in [1.54, 1.807) is 0 Å². The summed E-state index contributed by atoms with van der Waals surface area (Å²) in [5, 5.41) is 0. The van der Waals surface area contributed by atoms with Crippen LogP contribution in [0, 0.1) is 0 Å². The SMILES string of the molecule is CCCCCCCCCCC(=O)OC(COC(=O)CCCCCCCCC)COC(=O)CCCCCCCCC. The van der Waals surface area contributed by atoms with Crippen molar-refractivity contribution in [3.05, 3.63) is 0 Å². The van der Waals surface area contributed by atoms with Crippen molar-refractivity contribution in [2.75, 3.05) is 13.2 Å². The number of esters is 3. The normalized spacial score (nSPS) is 11.1. The van der Waals surface area contributed by atoms with Gasteiger partial charge in [-0.2, -0.15) is 0 Å². The predicted octanol–water partition coefficient (Wildman–Crippen LogP) is 9.80. The van der Waals surface area contributed by atoms with Crippen molar-refractivity contribution in [1.29, 1.82) is 0 Å². The maximum atomic E-state index is 12.5. The van der Waals surface area contributed by atoms with Crippen LogP contribution in [0.1, 0.15) is 181 Å². The molecule has 0 saturated heterocycles. The lowest BCUT2D eigenvalue weighted by molar-refractivity contribution is -0.167. The fraction of sp³-hybridized carbons (Fsp3) is 0.912. The number of carbonyl (C=O) groups is 3. The van der Waals surface area contributed by atoms with E-state index < -0.39 is 6.10 Å². The summed E-state index contributed by atoms with van der Waals surface area (Å²) in [5.74, 6) is -0.888. The molecular formula is C34H64O6. The van der Waals surface area contributed by atoms with Crippen molar-refractivity contribution in [2.45, 2.75) is 187 Å². The van der Waals surface area contributed by atoms with Crippen LogP contribution >= 0.6 is 0 Å². The van der Waals surface area contributed by atoms with Crippen LogP contribution in [0.2, 0.25) is 0 Å². The Hall–Kier alpha value is -1.59. The van der Waals surface area contributed by atoms with Crippen LogP contribution in [0.3, 0.4) is 0 Å². The van der Waals surface area contributed by atoms with Crippen molar-refractivity contribution in [3.8, 4) is 0 Å². The van der Waals surface area contributed by atoms with Gasteiger partial charge in [0.2, 0.25) is 0 Å². The lowest BCUT2D eigenvalue weighted by Crippen LogP contribution is -2.30. The molecule has 40 heavy (non-hydrogen) atoms. The quantitative estimate of drug-likeness (QED) is 0.0487. The lowest BCUT2D eigenvalue weighted by Gasteiger charge is -2.18. The molecule has 0 aromatic heterocycles. The monoisotopic (exact) mass is 568 g/mol. The summed E-state index contributed by atoms with van der Waals surface area (Å²) in [6.45, 7) is 6.49. The maximum Gasteiger partial charge on any atom is 0.306 e.